The highest BCUT2D eigenvalue weighted by Crippen LogP contribution is 2.38. The zero-order valence-corrected chi connectivity index (χ0v) is 10.8. The Balaban J connectivity index is 1.96. The van der Waals surface area contributed by atoms with Crippen LogP contribution in [0.4, 0.5) is 0 Å². The van der Waals surface area contributed by atoms with Crippen molar-refractivity contribution < 1.29 is 0 Å². The Kier molecular flexibility index (Phi) is 4.13. The minimum Gasteiger partial charge on any atom is -0.271 e. The van der Waals surface area contributed by atoms with Crippen LogP contribution in [0.1, 0.15) is 37.9 Å². The van der Waals surface area contributed by atoms with E-state index in [0.717, 1.165) is 24.5 Å². The largest absolute Gasteiger partial charge is 0.271 e. The SMILES string of the molecule is CCc1ccc(CC(NN)C(C)C2CC2)nc1. The van der Waals surface area contributed by atoms with Crippen molar-refractivity contribution in [3.05, 3.63) is 29.6 Å². The van der Waals surface area contributed by atoms with Gasteiger partial charge in [0.05, 0.1) is 0 Å². The van der Waals surface area contributed by atoms with Crippen molar-refractivity contribution >= 4 is 0 Å². The normalized spacial score (nSPS) is 19.0. The molecule has 17 heavy (non-hydrogen) atoms. The summed E-state index contributed by atoms with van der Waals surface area (Å²) in [6, 6.07) is 4.64. The molecule has 3 nitrogen and oxygen atoms in total. The van der Waals surface area contributed by atoms with Crippen molar-refractivity contribution in [2.45, 2.75) is 45.6 Å². The van der Waals surface area contributed by atoms with Crippen LogP contribution in [-0.4, -0.2) is 11.0 Å². The molecule has 0 amide bonds. The molecule has 0 bridgehead atoms. The van der Waals surface area contributed by atoms with Crippen LogP contribution in [0.3, 0.4) is 0 Å². The molecule has 3 N–H and O–H groups in total. The molecule has 1 aliphatic rings. The number of hydrogen-bond donors (Lipinski definition) is 2. The van der Waals surface area contributed by atoms with E-state index in [1.54, 1.807) is 0 Å². The second-order valence-corrected chi connectivity index (χ2v) is 5.19. The highest BCUT2D eigenvalue weighted by atomic mass is 15.2. The van der Waals surface area contributed by atoms with Gasteiger partial charge in [-0.1, -0.05) is 19.9 Å². The quantitative estimate of drug-likeness (QED) is 0.584. The van der Waals surface area contributed by atoms with Gasteiger partial charge in [0, 0.05) is 24.4 Å². The minimum absolute atomic E-state index is 0.350. The summed E-state index contributed by atoms with van der Waals surface area (Å²) in [6.07, 6.45) is 6.68. The molecular formula is C14H23N3. The topological polar surface area (TPSA) is 50.9 Å². The number of aryl methyl sites for hydroxylation is 1. The fourth-order valence-electron chi connectivity index (χ4n) is 2.36. The summed E-state index contributed by atoms with van der Waals surface area (Å²) < 4.78 is 0. The maximum atomic E-state index is 5.67. The van der Waals surface area contributed by atoms with Gasteiger partial charge in [-0.15, -0.1) is 0 Å². The molecule has 1 aromatic heterocycles. The third kappa shape index (κ3) is 3.27. The lowest BCUT2D eigenvalue weighted by molar-refractivity contribution is 0.341. The minimum atomic E-state index is 0.350. The van der Waals surface area contributed by atoms with Crippen LogP contribution in [0.15, 0.2) is 18.3 Å². The standard InChI is InChI=1S/C14H23N3/c1-3-11-4-7-13(16-9-11)8-14(17-15)10(2)12-5-6-12/h4,7,9-10,12,14,17H,3,5-6,8,15H2,1-2H3. The zero-order valence-electron chi connectivity index (χ0n) is 10.8. The van der Waals surface area contributed by atoms with Gasteiger partial charge in [0.25, 0.3) is 0 Å². The molecule has 1 fully saturated rings. The van der Waals surface area contributed by atoms with Gasteiger partial charge in [0.2, 0.25) is 0 Å². The van der Waals surface area contributed by atoms with Crippen molar-refractivity contribution in [2.24, 2.45) is 17.7 Å². The maximum absolute atomic E-state index is 5.67. The summed E-state index contributed by atoms with van der Waals surface area (Å²) in [5, 5.41) is 0. The average Bonchev–Trinajstić information content (AvgIpc) is 3.20. The predicted molar refractivity (Wildman–Crippen MR) is 70.3 cm³/mol. The van der Waals surface area contributed by atoms with Gasteiger partial charge in [-0.25, -0.2) is 0 Å². The summed E-state index contributed by atoms with van der Waals surface area (Å²) in [5.74, 6) is 7.18. The number of nitrogens with zero attached hydrogens (tertiary/aromatic N) is 1. The molecule has 1 heterocycles. The van der Waals surface area contributed by atoms with Gasteiger partial charge in [-0.2, -0.15) is 0 Å². The van der Waals surface area contributed by atoms with E-state index in [-0.39, 0.29) is 0 Å². The average molecular weight is 233 g/mol. The number of nitrogens with two attached hydrogens (primary N) is 1. The molecule has 2 unspecified atom stereocenters. The van der Waals surface area contributed by atoms with Gasteiger partial charge in [-0.3, -0.25) is 16.3 Å². The van der Waals surface area contributed by atoms with Gasteiger partial charge in [0.15, 0.2) is 0 Å². The number of hydrazine groups is 1. The molecule has 0 aliphatic heterocycles. The summed E-state index contributed by atoms with van der Waals surface area (Å²) in [4.78, 5) is 4.50. The molecular weight excluding hydrogens is 210 g/mol. The van der Waals surface area contributed by atoms with E-state index < -0.39 is 0 Å². The summed E-state index contributed by atoms with van der Waals surface area (Å²) in [6.45, 7) is 4.44. The smallest absolute Gasteiger partial charge is 0.0419 e. The molecule has 1 aromatic rings. The Hall–Kier alpha value is -0.930. The van der Waals surface area contributed by atoms with E-state index in [1.807, 2.05) is 6.20 Å². The van der Waals surface area contributed by atoms with Crippen molar-refractivity contribution in [2.75, 3.05) is 0 Å². The lowest BCUT2D eigenvalue weighted by Gasteiger charge is -2.22. The second kappa shape index (κ2) is 5.61. The molecule has 0 saturated heterocycles. The number of nitrogens with one attached hydrogen (secondary N) is 1. The first-order valence-corrected chi connectivity index (χ1v) is 6.64. The first-order chi connectivity index (χ1) is 8.24. The van der Waals surface area contributed by atoms with Crippen molar-refractivity contribution in [3.8, 4) is 0 Å². The Morgan fingerprint density at radius 3 is 2.71 bits per heavy atom. The number of hydrogen-bond acceptors (Lipinski definition) is 3. The lowest BCUT2D eigenvalue weighted by Crippen LogP contribution is -2.42. The lowest BCUT2D eigenvalue weighted by atomic mass is 9.93. The van der Waals surface area contributed by atoms with Gasteiger partial charge < -0.3 is 0 Å². The predicted octanol–water partition coefficient (Wildman–Crippen LogP) is 2.06. The van der Waals surface area contributed by atoms with E-state index in [9.17, 15) is 0 Å². The fourth-order valence-corrected chi connectivity index (χ4v) is 2.36. The highest BCUT2D eigenvalue weighted by Gasteiger charge is 2.32. The van der Waals surface area contributed by atoms with Crippen molar-refractivity contribution in [3.63, 3.8) is 0 Å². The monoisotopic (exact) mass is 233 g/mol. The third-order valence-corrected chi connectivity index (χ3v) is 3.94. The van der Waals surface area contributed by atoms with Crippen LogP contribution in [-0.2, 0) is 12.8 Å². The van der Waals surface area contributed by atoms with E-state index in [1.165, 1.54) is 18.4 Å². The molecule has 1 saturated carbocycles. The van der Waals surface area contributed by atoms with Crippen LogP contribution in [0.5, 0.6) is 0 Å². The van der Waals surface area contributed by atoms with Gasteiger partial charge in [0.1, 0.15) is 0 Å². The van der Waals surface area contributed by atoms with E-state index in [4.69, 9.17) is 5.84 Å². The first-order valence-electron chi connectivity index (χ1n) is 6.64. The van der Waals surface area contributed by atoms with Crippen LogP contribution in [0, 0.1) is 11.8 Å². The van der Waals surface area contributed by atoms with E-state index in [0.29, 0.717) is 12.0 Å². The molecule has 3 heteroatoms. The number of pyridine rings is 1. The van der Waals surface area contributed by atoms with Crippen molar-refractivity contribution in [1.82, 2.24) is 10.4 Å². The Morgan fingerprint density at radius 2 is 2.24 bits per heavy atom. The van der Waals surface area contributed by atoms with Crippen LogP contribution in [0.2, 0.25) is 0 Å². The Bertz CT molecular complexity index is 343. The van der Waals surface area contributed by atoms with Gasteiger partial charge in [-0.05, 0) is 42.7 Å². The van der Waals surface area contributed by atoms with E-state index >= 15 is 0 Å². The number of aromatic nitrogens is 1. The molecule has 2 rings (SSSR count). The molecule has 2 atom stereocenters. The van der Waals surface area contributed by atoms with Gasteiger partial charge >= 0.3 is 0 Å². The summed E-state index contributed by atoms with van der Waals surface area (Å²) in [5.41, 5.74) is 5.39. The molecule has 0 spiro atoms. The Morgan fingerprint density at radius 1 is 1.47 bits per heavy atom. The molecule has 94 valence electrons. The highest BCUT2D eigenvalue weighted by molar-refractivity contribution is 5.15. The Labute approximate surface area is 104 Å². The summed E-state index contributed by atoms with van der Waals surface area (Å²) in [7, 11) is 0. The van der Waals surface area contributed by atoms with Crippen LogP contribution < -0.4 is 11.3 Å². The fraction of sp³-hybridized carbons (Fsp3) is 0.643. The maximum Gasteiger partial charge on any atom is 0.0419 e. The second-order valence-electron chi connectivity index (χ2n) is 5.19. The zero-order chi connectivity index (χ0) is 12.3. The van der Waals surface area contributed by atoms with Crippen LogP contribution >= 0.6 is 0 Å². The number of rotatable bonds is 6. The molecule has 0 radical (unpaired) electrons. The van der Waals surface area contributed by atoms with Crippen molar-refractivity contribution in [1.29, 1.82) is 0 Å². The third-order valence-electron chi connectivity index (χ3n) is 3.94. The van der Waals surface area contributed by atoms with Crippen LogP contribution in [0.25, 0.3) is 0 Å². The molecule has 0 aromatic carbocycles. The van der Waals surface area contributed by atoms with E-state index in [2.05, 4.69) is 36.4 Å². The summed E-state index contributed by atoms with van der Waals surface area (Å²) >= 11 is 0. The molecule has 1 aliphatic carbocycles. The first kappa shape index (κ1) is 12.5.